The van der Waals surface area contributed by atoms with Gasteiger partial charge in [-0.2, -0.15) is 0 Å². The molecule has 1 aliphatic heterocycles. The van der Waals surface area contributed by atoms with Crippen LogP contribution in [0.3, 0.4) is 0 Å². The van der Waals surface area contributed by atoms with E-state index in [-0.39, 0.29) is 6.09 Å². The minimum absolute atomic E-state index is 0.380. The van der Waals surface area contributed by atoms with Crippen LogP contribution in [-0.4, -0.2) is 36.3 Å². The van der Waals surface area contributed by atoms with Gasteiger partial charge in [0.2, 0.25) is 0 Å². The zero-order valence-electron chi connectivity index (χ0n) is 13.6. The van der Waals surface area contributed by atoms with Gasteiger partial charge in [-0.1, -0.05) is 0 Å². The number of aromatic nitrogens is 2. The summed E-state index contributed by atoms with van der Waals surface area (Å²) in [5, 5.41) is 0. The summed E-state index contributed by atoms with van der Waals surface area (Å²) in [6, 6.07) is 5.72. The molecule has 6 nitrogen and oxygen atoms in total. The van der Waals surface area contributed by atoms with Crippen LogP contribution >= 0.6 is 12.2 Å². The Morgan fingerprint density at radius 2 is 2.33 bits per heavy atom. The van der Waals surface area contributed by atoms with Crippen molar-refractivity contribution in [3.63, 3.8) is 0 Å². The van der Waals surface area contributed by atoms with Gasteiger partial charge in [-0.05, 0) is 49.0 Å². The van der Waals surface area contributed by atoms with E-state index in [0.29, 0.717) is 17.9 Å². The van der Waals surface area contributed by atoms with Crippen molar-refractivity contribution in [1.29, 1.82) is 0 Å². The Morgan fingerprint density at radius 1 is 1.50 bits per heavy atom. The number of amides is 1. The molecule has 0 saturated carbocycles. The third-order valence-electron chi connectivity index (χ3n) is 3.91. The lowest BCUT2D eigenvalue weighted by Gasteiger charge is -2.24. The van der Waals surface area contributed by atoms with Crippen molar-refractivity contribution in [2.75, 3.05) is 25.2 Å². The predicted octanol–water partition coefficient (Wildman–Crippen LogP) is 3.99. The number of nitrogens with zero attached hydrogens (tertiary/aromatic N) is 1. The molecule has 0 unspecified atom stereocenters. The van der Waals surface area contributed by atoms with Crippen LogP contribution in [-0.2, 0) is 4.74 Å². The Kier molecular flexibility index (Phi) is 4.71. The predicted molar refractivity (Wildman–Crippen MR) is 95.8 cm³/mol. The summed E-state index contributed by atoms with van der Waals surface area (Å²) in [7, 11) is 1.38. The molecule has 3 rings (SSSR count). The van der Waals surface area contributed by atoms with Crippen molar-refractivity contribution in [3.8, 4) is 5.75 Å². The number of nitrogens with one attached hydrogen (secondary N) is 2. The highest BCUT2D eigenvalue weighted by molar-refractivity contribution is 7.71. The summed E-state index contributed by atoms with van der Waals surface area (Å²) in [4.78, 5) is 19.5. The van der Waals surface area contributed by atoms with Crippen molar-refractivity contribution < 1.29 is 14.3 Å². The van der Waals surface area contributed by atoms with E-state index < -0.39 is 0 Å². The molecule has 1 amide bonds. The largest absolute Gasteiger partial charge is 0.493 e. The fourth-order valence-corrected chi connectivity index (χ4v) is 2.93. The summed E-state index contributed by atoms with van der Waals surface area (Å²) in [5.41, 5.74) is 3.79. The number of fused-ring (bicyclic) bond motifs is 1. The summed E-state index contributed by atoms with van der Waals surface area (Å²) in [6.45, 7) is 3.05. The Bertz CT molecular complexity index is 838. The molecule has 2 N–H and O–H groups in total. The first-order valence-electron chi connectivity index (χ1n) is 7.73. The molecule has 126 valence electrons. The van der Waals surface area contributed by atoms with E-state index in [0.717, 1.165) is 34.7 Å². The van der Waals surface area contributed by atoms with E-state index in [4.69, 9.17) is 21.7 Å². The maximum absolute atomic E-state index is 11.9. The molecule has 1 aromatic carbocycles. The van der Waals surface area contributed by atoms with Crippen LogP contribution in [0.25, 0.3) is 11.6 Å². The molecule has 0 fully saturated rings. The van der Waals surface area contributed by atoms with Crippen molar-refractivity contribution in [2.45, 2.75) is 13.3 Å². The average Bonchev–Trinajstić information content (AvgIpc) is 3.00. The molecule has 2 aromatic rings. The molecule has 7 heteroatoms. The van der Waals surface area contributed by atoms with E-state index in [1.165, 1.54) is 7.11 Å². The number of benzene rings is 1. The zero-order chi connectivity index (χ0) is 17.1. The number of imidazole rings is 1. The number of H-pyrrole nitrogens is 2. The van der Waals surface area contributed by atoms with Crippen LogP contribution in [0, 0.1) is 4.77 Å². The normalized spacial score (nSPS) is 14.8. The molecular weight excluding hydrogens is 326 g/mol. The maximum Gasteiger partial charge on any atom is 0.413 e. The number of rotatable bonds is 3. The molecule has 0 atom stereocenters. The lowest BCUT2D eigenvalue weighted by Crippen LogP contribution is -2.30. The Morgan fingerprint density at radius 3 is 3.00 bits per heavy atom. The fourth-order valence-electron chi connectivity index (χ4n) is 2.76. The number of anilines is 1. The van der Waals surface area contributed by atoms with Gasteiger partial charge in [0.1, 0.15) is 5.75 Å². The van der Waals surface area contributed by atoms with Crippen LogP contribution in [0.15, 0.2) is 24.4 Å². The monoisotopic (exact) mass is 345 g/mol. The summed E-state index contributed by atoms with van der Waals surface area (Å²) >= 11 is 5.07. The topological polar surface area (TPSA) is 70.3 Å². The second-order valence-electron chi connectivity index (χ2n) is 5.36. The van der Waals surface area contributed by atoms with Crippen LogP contribution < -0.4 is 9.64 Å². The van der Waals surface area contributed by atoms with E-state index in [2.05, 4.69) is 9.97 Å². The van der Waals surface area contributed by atoms with Gasteiger partial charge >= 0.3 is 6.09 Å². The smallest absolute Gasteiger partial charge is 0.413 e. The first kappa shape index (κ1) is 16.3. The summed E-state index contributed by atoms with van der Waals surface area (Å²) in [5.74, 6) is 0.811. The highest BCUT2D eigenvalue weighted by atomic mass is 32.1. The van der Waals surface area contributed by atoms with Crippen LogP contribution in [0.2, 0.25) is 0 Å². The summed E-state index contributed by atoms with van der Waals surface area (Å²) in [6.07, 6.45) is 4.29. The number of hydrogen-bond donors (Lipinski definition) is 2. The lowest BCUT2D eigenvalue weighted by atomic mass is 9.98. The maximum atomic E-state index is 11.9. The van der Waals surface area contributed by atoms with E-state index in [1.807, 2.05) is 37.4 Å². The van der Waals surface area contributed by atoms with Gasteiger partial charge in [0.05, 0.1) is 19.4 Å². The SMILES string of the molecule is CCN(C(=O)OC)c1ccc2c(c1)C(=Cc1c[nH]c(=S)[nH]1)CCO2. The molecule has 2 heterocycles. The van der Waals surface area contributed by atoms with Gasteiger partial charge < -0.3 is 19.4 Å². The molecule has 1 aliphatic rings. The minimum Gasteiger partial charge on any atom is -0.493 e. The second-order valence-corrected chi connectivity index (χ2v) is 5.77. The molecule has 0 aliphatic carbocycles. The number of carbonyl (C=O) groups excluding carboxylic acids is 1. The Labute approximate surface area is 145 Å². The first-order chi connectivity index (χ1) is 11.6. The molecule has 0 bridgehead atoms. The van der Waals surface area contributed by atoms with E-state index in [9.17, 15) is 4.79 Å². The van der Waals surface area contributed by atoms with Gasteiger partial charge in [0.25, 0.3) is 0 Å². The first-order valence-corrected chi connectivity index (χ1v) is 8.14. The van der Waals surface area contributed by atoms with Crippen molar-refractivity contribution >= 4 is 35.6 Å². The van der Waals surface area contributed by atoms with E-state index >= 15 is 0 Å². The third kappa shape index (κ3) is 3.21. The van der Waals surface area contributed by atoms with Gasteiger partial charge in [-0.15, -0.1) is 0 Å². The van der Waals surface area contributed by atoms with Gasteiger partial charge in [-0.3, -0.25) is 4.90 Å². The molecule has 1 aromatic heterocycles. The lowest BCUT2D eigenvalue weighted by molar-refractivity contribution is 0.179. The average molecular weight is 345 g/mol. The molecule has 0 saturated heterocycles. The minimum atomic E-state index is -0.380. The summed E-state index contributed by atoms with van der Waals surface area (Å²) < 4.78 is 11.2. The standard InChI is InChI=1S/C17H19N3O3S/c1-3-20(17(21)22-2)13-4-5-15-14(9-13)11(6-7-23-15)8-12-10-18-16(24)19-12/h4-5,8-10H,3,6-7H2,1-2H3,(H2,18,19,24). The Balaban J connectivity index is 2.02. The van der Waals surface area contributed by atoms with Crippen molar-refractivity contribution in [3.05, 3.63) is 40.4 Å². The number of methoxy groups -OCH3 is 1. The fraction of sp³-hybridized carbons (Fsp3) is 0.294. The van der Waals surface area contributed by atoms with Crippen molar-refractivity contribution in [2.24, 2.45) is 0 Å². The zero-order valence-corrected chi connectivity index (χ0v) is 14.4. The highest BCUT2D eigenvalue weighted by Gasteiger charge is 2.20. The van der Waals surface area contributed by atoms with Crippen LogP contribution in [0.5, 0.6) is 5.75 Å². The number of aromatic amines is 2. The number of ether oxygens (including phenoxy) is 2. The third-order valence-corrected chi connectivity index (χ3v) is 4.13. The van der Waals surface area contributed by atoms with Crippen LogP contribution in [0.4, 0.5) is 10.5 Å². The van der Waals surface area contributed by atoms with Crippen molar-refractivity contribution in [1.82, 2.24) is 9.97 Å². The highest BCUT2D eigenvalue weighted by Crippen LogP contribution is 2.36. The quantitative estimate of drug-likeness (QED) is 0.825. The van der Waals surface area contributed by atoms with Gasteiger partial charge in [-0.25, -0.2) is 4.79 Å². The van der Waals surface area contributed by atoms with E-state index in [1.54, 1.807) is 4.90 Å². The Hall–Kier alpha value is -2.54. The van der Waals surface area contributed by atoms with Gasteiger partial charge in [0.15, 0.2) is 4.77 Å². The molecule has 24 heavy (non-hydrogen) atoms. The molecule has 0 spiro atoms. The van der Waals surface area contributed by atoms with Crippen LogP contribution in [0.1, 0.15) is 24.6 Å². The molecule has 0 radical (unpaired) electrons. The molecular formula is C17H19N3O3S. The van der Waals surface area contributed by atoms with Gasteiger partial charge in [0, 0.05) is 30.4 Å². The number of hydrogen-bond acceptors (Lipinski definition) is 4. The number of carbonyl (C=O) groups is 1. The second kappa shape index (κ2) is 6.92.